The van der Waals surface area contributed by atoms with E-state index in [1.807, 2.05) is 0 Å². The minimum atomic E-state index is -0.943. The second kappa shape index (κ2) is 4.52. The molecule has 0 bridgehead atoms. The predicted molar refractivity (Wildman–Crippen MR) is 68.0 cm³/mol. The van der Waals surface area contributed by atoms with E-state index in [0.29, 0.717) is 24.0 Å². The Bertz CT molecular complexity index is 510. The van der Waals surface area contributed by atoms with Gasteiger partial charge in [-0.1, -0.05) is 24.4 Å². The summed E-state index contributed by atoms with van der Waals surface area (Å²) in [6.07, 6.45) is 4.50. The number of pyridine rings is 1. The lowest BCUT2D eigenvalue weighted by Gasteiger charge is -2.15. The smallest absolute Gasteiger partial charge is 0.337 e. The minimum absolute atomic E-state index is 0.258. The van der Waals surface area contributed by atoms with Crippen LogP contribution in [0.4, 0.5) is 0 Å². The van der Waals surface area contributed by atoms with E-state index in [9.17, 15) is 9.90 Å². The molecule has 96 valence electrons. The van der Waals surface area contributed by atoms with Crippen molar-refractivity contribution in [2.45, 2.75) is 44.7 Å². The fourth-order valence-corrected chi connectivity index (χ4v) is 3.39. The van der Waals surface area contributed by atoms with Gasteiger partial charge in [-0.2, -0.15) is 0 Å². The number of fused-ring (bicyclic) bond motifs is 1. The molecular weight excluding hydrogens is 252 g/mol. The Hall–Kier alpha value is -1.13. The topological polar surface area (TPSA) is 62.2 Å². The molecule has 1 aliphatic carbocycles. The molecule has 0 saturated heterocycles. The van der Waals surface area contributed by atoms with Crippen LogP contribution in [0.2, 0.25) is 5.02 Å². The van der Waals surface area contributed by atoms with Crippen LogP contribution in [0.3, 0.4) is 0 Å². The van der Waals surface area contributed by atoms with Crippen molar-refractivity contribution < 1.29 is 9.90 Å². The number of rotatable bonds is 2. The van der Waals surface area contributed by atoms with Gasteiger partial charge >= 0.3 is 5.97 Å². The monoisotopic (exact) mass is 266 g/mol. The zero-order valence-electron chi connectivity index (χ0n) is 10.0. The highest BCUT2D eigenvalue weighted by atomic mass is 35.5. The lowest BCUT2D eigenvalue weighted by atomic mass is 9.98. The standard InChI is InChI=1S/C13H15ClN2O2/c14-11-10(13(17)18)8-5-15-6-9(8)16-12(11)7-3-1-2-4-7/h7,15H,1-6H2,(H,17,18). The first-order chi connectivity index (χ1) is 8.68. The zero-order valence-corrected chi connectivity index (χ0v) is 10.8. The lowest BCUT2D eigenvalue weighted by molar-refractivity contribution is 0.0695. The van der Waals surface area contributed by atoms with E-state index in [2.05, 4.69) is 10.3 Å². The van der Waals surface area contributed by atoms with Gasteiger partial charge in [0.25, 0.3) is 0 Å². The van der Waals surface area contributed by atoms with Gasteiger partial charge in [0, 0.05) is 24.6 Å². The number of carboxylic acids is 1. The summed E-state index contributed by atoms with van der Waals surface area (Å²) in [5.74, 6) is -0.608. The number of carbonyl (C=O) groups is 1. The molecule has 4 nitrogen and oxygen atoms in total. The minimum Gasteiger partial charge on any atom is -0.478 e. The van der Waals surface area contributed by atoms with Gasteiger partial charge in [-0.3, -0.25) is 4.98 Å². The number of halogens is 1. The maximum absolute atomic E-state index is 11.4. The Morgan fingerprint density at radius 1 is 1.33 bits per heavy atom. The number of carboxylic acid groups (broad SMARTS) is 1. The SMILES string of the molecule is O=C(O)c1c(Cl)c(C2CCCC2)nc2c1CNC2. The van der Waals surface area contributed by atoms with Crippen LogP contribution in [0.25, 0.3) is 0 Å². The van der Waals surface area contributed by atoms with Gasteiger partial charge in [-0.25, -0.2) is 4.79 Å². The molecule has 0 radical (unpaired) electrons. The summed E-state index contributed by atoms with van der Waals surface area (Å²) >= 11 is 6.30. The third kappa shape index (κ3) is 1.80. The number of aromatic nitrogens is 1. The van der Waals surface area contributed by atoms with Crippen molar-refractivity contribution in [3.05, 3.63) is 27.5 Å². The van der Waals surface area contributed by atoms with Gasteiger partial charge in [0.05, 0.1) is 22.0 Å². The van der Waals surface area contributed by atoms with E-state index < -0.39 is 5.97 Å². The Balaban J connectivity index is 2.15. The second-order valence-electron chi connectivity index (χ2n) is 5.00. The fourth-order valence-electron chi connectivity index (χ4n) is 3.00. The average Bonchev–Trinajstić information content (AvgIpc) is 2.97. The lowest BCUT2D eigenvalue weighted by Crippen LogP contribution is -2.10. The first-order valence-corrected chi connectivity index (χ1v) is 6.71. The molecule has 18 heavy (non-hydrogen) atoms. The molecule has 0 unspecified atom stereocenters. The van der Waals surface area contributed by atoms with Crippen molar-refractivity contribution in [3.8, 4) is 0 Å². The van der Waals surface area contributed by atoms with Crippen LogP contribution in [-0.2, 0) is 13.1 Å². The maximum Gasteiger partial charge on any atom is 0.337 e. The Labute approximate surface area is 110 Å². The van der Waals surface area contributed by atoms with E-state index in [4.69, 9.17) is 11.6 Å². The van der Waals surface area contributed by atoms with Crippen LogP contribution in [0.1, 0.15) is 58.9 Å². The summed E-state index contributed by atoms with van der Waals surface area (Å²) in [5.41, 5.74) is 2.68. The van der Waals surface area contributed by atoms with Gasteiger partial charge in [0.1, 0.15) is 0 Å². The summed E-state index contributed by atoms with van der Waals surface area (Å²) in [5, 5.41) is 12.9. The van der Waals surface area contributed by atoms with E-state index in [-0.39, 0.29) is 5.56 Å². The molecule has 1 fully saturated rings. The van der Waals surface area contributed by atoms with Crippen molar-refractivity contribution in [2.75, 3.05) is 0 Å². The quantitative estimate of drug-likeness (QED) is 0.864. The van der Waals surface area contributed by atoms with Crippen LogP contribution >= 0.6 is 11.6 Å². The van der Waals surface area contributed by atoms with Gasteiger partial charge in [-0.05, 0) is 12.8 Å². The Morgan fingerprint density at radius 2 is 2.06 bits per heavy atom. The molecule has 1 aromatic rings. The van der Waals surface area contributed by atoms with Gasteiger partial charge in [0.15, 0.2) is 0 Å². The molecule has 2 heterocycles. The number of nitrogens with zero attached hydrogens (tertiary/aromatic N) is 1. The van der Waals surface area contributed by atoms with Crippen LogP contribution in [-0.4, -0.2) is 16.1 Å². The average molecular weight is 267 g/mol. The van der Waals surface area contributed by atoms with E-state index in [1.165, 1.54) is 12.8 Å². The summed E-state index contributed by atoms with van der Waals surface area (Å²) in [6.45, 7) is 1.20. The molecule has 3 rings (SSSR count). The first-order valence-electron chi connectivity index (χ1n) is 6.33. The highest BCUT2D eigenvalue weighted by molar-refractivity contribution is 6.34. The number of hydrogen-bond acceptors (Lipinski definition) is 3. The fraction of sp³-hybridized carbons (Fsp3) is 0.538. The van der Waals surface area contributed by atoms with Gasteiger partial charge in [-0.15, -0.1) is 0 Å². The predicted octanol–water partition coefficient (Wildman–Crippen LogP) is 2.69. The third-order valence-electron chi connectivity index (χ3n) is 3.90. The summed E-state index contributed by atoms with van der Waals surface area (Å²) < 4.78 is 0. The number of hydrogen-bond donors (Lipinski definition) is 2. The van der Waals surface area contributed by atoms with Crippen molar-refractivity contribution in [1.29, 1.82) is 0 Å². The van der Waals surface area contributed by atoms with E-state index in [1.54, 1.807) is 0 Å². The Morgan fingerprint density at radius 3 is 2.72 bits per heavy atom. The molecule has 2 N–H and O–H groups in total. The van der Waals surface area contributed by atoms with Gasteiger partial charge < -0.3 is 10.4 Å². The van der Waals surface area contributed by atoms with Crippen molar-refractivity contribution in [1.82, 2.24) is 10.3 Å². The van der Waals surface area contributed by atoms with E-state index in [0.717, 1.165) is 29.8 Å². The van der Waals surface area contributed by atoms with Crippen molar-refractivity contribution in [3.63, 3.8) is 0 Å². The number of aromatic carboxylic acids is 1. The van der Waals surface area contributed by atoms with Crippen LogP contribution in [0, 0.1) is 0 Å². The molecule has 0 amide bonds. The number of nitrogens with one attached hydrogen (secondary N) is 1. The molecule has 2 aliphatic rings. The normalized spacial score (nSPS) is 19.2. The third-order valence-corrected chi connectivity index (χ3v) is 4.28. The zero-order chi connectivity index (χ0) is 12.7. The largest absolute Gasteiger partial charge is 0.478 e. The summed E-state index contributed by atoms with van der Waals surface area (Å²) in [6, 6.07) is 0. The van der Waals surface area contributed by atoms with Gasteiger partial charge in [0.2, 0.25) is 0 Å². The molecule has 0 aromatic carbocycles. The second-order valence-corrected chi connectivity index (χ2v) is 5.38. The first kappa shape index (κ1) is 11.9. The van der Waals surface area contributed by atoms with Crippen LogP contribution in [0.5, 0.6) is 0 Å². The van der Waals surface area contributed by atoms with Crippen LogP contribution < -0.4 is 5.32 Å². The summed E-state index contributed by atoms with van der Waals surface area (Å²) in [4.78, 5) is 16.0. The highest BCUT2D eigenvalue weighted by Crippen LogP contribution is 2.39. The molecule has 1 aromatic heterocycles. The molecule has 1 aliphatic heterocycles. The van der Waals surface area contributed by atoms with Crippen molar-refractivity contribution in [2.24, 2.45) is 0 Å². The molecule has 0 atom stereocenters. The van der Waals surface area contributed by atoms with E-state index >= 15 is 0 Å². The molecule has 0 spiro atoms. The summed E-state index contributed by atoms with van der Waals surface area (Å²) in [7, 11) is 0. The molecular formula is C13H15ClN2O2. The molecule has 5 heteroatoms. The van der Waals surface area contributed by atoms with Crippen molar-refractivity contribution >= 4 is 17.6 Å². The maximum atomic E-state index is 11.4. The molecule has 1 saturated carbocycles. The Kier molecular flexibility index (Phi) is 2.99. The highest BCUT2D eigenvalue weighted by Gasteiger charge is 2.29. The van der Waals surface area contributed by atoms with Crippen LogP contribution in [0.15, 0.2) is 0 Å².